The standard InChI is InChI=1S/C20H24FN3O3S/c1-2-28(26,27)24-12-10-23(11-13-24)15-16-6-5-7-17(14-16)20(25)22-19-9-4-3-8-18(19)21/h3-9,14H,2,10-13,15H2,1H3,(H,22,25). The third-order valence-corrected chi connectivity index (χ3v) is 6.69. The fourth-order valence-electron chi connectivity index (χ4n) is 3.17. The van der Waals surface area contributed by atoms with E-state index in [1.807, 2.05) is 6.07 Å². The second-order valence-electron chi connectivity index (χ2n) is 6.71. The molecule has 1 amide bonds. The second kappa shape index (κ2) is 8.81. The lowest BCUT2D eigenvalue weighted by molar-refractivity contribution is 0.102. The van der Waals surface area contributed by atoms with Gasteiger partial charge in [-0.3, -0.25) is 9.69 Å². The number of nitrogens with one attached hydrogen (secondary N) is 1. The van der Waals surface area contributed by atoms with Crippen LogP contribution < -0.4 is 5.32 Å². The number of benzene rings is 2. The highest BCUT2D eigenvalue weighted by atomic mass is 32.2. The van der Waals surface area contributed by atoms with Gasteiger partial charge in [-0.2, -0.15) is 4.31 Å². The van der Waals surface area contributed by atoms with Crippen molar-refractivity contribution >= 4 is 21.6 Å². The number of halogens is 1. The number of sulfonamides is 1. The lowest BCUT2D eigenvalue weighted by atomic mass is 10.1. The van der Waals surface area contributed by atoms with Gasteiger partial charge in [0.05, 0.1) is 11.4 Å². The summed E-state index contributed by atoms with van der Waals surface area (Å²) in [5.41, 5.74) is 1.55. The lowest BCUT2D eigenvalue weighted by Crippen LogP contribution is -2.48. The van der Waals surface area contributed by atoms with Gasteiger partial charge in [0.1, 0.15) is 5.82 Å². The van der Waals surface area contributed by atoms with Crippen LogP contribution in [0.2, 0.25) is 0 Å². The first-order valence-electron chi connectivity index (χ1n) is 9.24. The summed E-state index contributed by atoms with van der Waals surface area (Å²) < 4.78 is 39.2. The van der Waals surface area contributed by atoms with Crippen LogP contribution in [0, 0.1) is 5.82 Å². The Hall–Kier alpha value is -2.29. The normalized spacial score (nSPS) is 16.1. The Kier molecular flexibility index (Phi) is 6.43. The molecule has 1 aliphatic rings. The molecule has 1 aliphatic heterocycles. The number of amides is 1. The maximum atomic E-state index is 13.7. The summed E-state index contributed by atoms with van der Waals surface area (Å²) in [7, 11) is -3.15. The number of nitrogens with zero attached hydrogens (tertiary/aromatic N) is 2. The number of carbonyl (C=O) groups is 1. The van der Waals surface area contributed by atoms with E-state index >= 15 is 0 Å². The third-order valence-electron chi connectivity index (χ3n) is 4.81. The quantitative estimate of drug-likeness (QED) is 0.802. The minimum Gasteiger partial charge on any atom is -0.319 e. The summed E-state index contributed by atoms with van der Waals surface area (Å²) in [6.45, 7) is 4.52. The number of piperazine rings is 1. The Morgan fingerprint density at radius 3 is 2.46 bits per heavy atom. The van der Waals surface area contributed by atoms with E-state index in [0.717, 1.165) is 5.56 Å². The first-order chi connectivity index (χ1) is 13.4. The molecule has 150 valence electrons. The minimum absolute atomic E-state index is 0.117. The molecule has 1 heterocycles. The highest BCUT2D eigenvalue weighted by Crippen LogP contribution is 2.16. The Morgan fingerprint density at radius 1 is 1.07 bits per heavy atom. The number of rotatable bonds is 6. The second-order valence-corrected chi connectivity index (χ2v) is 8.97. The van der Waals surface area contributed by atoms with Gasteiger partial charge in [-0.05, 0) is 36.8 Å². The van der Waals surface area contributed by atoms with Crippen LogP contribution in [0.4, 0.5) is 10.1 Å². The monoisotopic (exact) mass is 405 g/mol. The SMILES string of the molecule is CCS(=O)(=O)N1CCN(Cc2cccc(C(=O)Nc3ccccc3F)c2)CC1. The highest BCUT2D eigenvalue weighted by Gasteiger charge is 2.25. The zero-order chi connectivity index (χ0) is 20.1. The van der Waals surface area contributed by atoms with Crippen molar-refractivity contribution in [1.82, 2.24) is 9.21 Å². The number of anilines is 1. The Bertz CT molecular complexity index is 941. The fourth-order valence-corrected chi connectivity index (χ4v) is 4.26. The van der Waals surface area contributed by atoms with Gasteiger partial charge in [-0.1, -0.05) is 24.3 Å². The molecule has 0 radical (unpaired) electrons. The van der Waals surface area contributed by atoms with Crippen LogP contribution in [-0.2, 0) is 16.6 Å². The zero-order valence-corrected chi connectivity index (χ0v) is 16.6. The van der Waals surface area contributed by atoms with Crippen LogP contribution in [-0.4, -0.2) is 55.5 Å². The maximum absolute atomic E-state index is 13.7. The fraction of sp³-hybridized carbons (Fsp3) is 0.350. The molecule has 3 rings (SSSR count). The summed E-state index contributed by atoms with van der Waals surface area (Å²) >= 11 is 0. The zero-order valence-electron chi connectivity index (χ0n) is 15.8. The first-order valence-corrected chi connectivity index (χ1v) is 10.8. The van der Waals surface area contributed by atoms with Crippen molar-refractivity contribution in [1.29, 1.82) is 0 Å². The molecule has 0 aromatic heterocycles. The molecular formula is C20H24FN3O3S. The number of hydrogen-bond donors (Lipinski definition) is 1. The average molecular weight is 405 g/mol. The van der Waals surface area contributed by atoms with Crippen LogP contribution in [0.15, 0.2) is 48.5 Å². The molecule has 0 saturated carbocycles. The molecule has 0 spiro atoms. The van der Waals surface area contributed by atoms with Gasteiger partial charge >= 0.3 is 0 Å². The molecule has 28 heavy (non-hydrogen) atoms. The van der Waals surface area contributed by atoms with Crippen molar-refractivity contribution in [2.45, 2.75) is 13.5 Å². The van der Waals surface area contributed by atoms with E-state index in [4.69, 9.17) is 0 Å². The predicted octanol–water partition coefficient (Wildman–Crippen LogP) is 2.55. The van der Waals surface area contributed by atoms with Gasteiger partial charge in [0.2, 0.25) is 10.0 Å². The Morgan fingerprint density at radius 2 is 1.79 bits per heavy atom. The van der Waals surface area contributed by atoms with E-state index in [1.54, 1.807) is 37.3 Å². The van der Waals surface area contributed by atoms with Gasteiger partial charge in [0.15, 0.2) is 0 Å². The molecule has 0 unspecified atom stereocenters. The van der Waals surface area contributed by atoms with Crippen molar-refractivity contribution < 1.29 is 17.6 Å². The van der Waals surface area contributed by atoms with Gasteiger partial charge in [0, 0.05) is 38.3 Å². The molecule has 1 fully saturated rings. The van der Waals surface area contributed by atoms with E-state index in [0.29, 0.717) is 38.3 Å². The van der Waals surface area contributed by atoms with Gasteiger partial charge < -0.3 is 5.32 Å². The van der Waals surface area contributed by atoms with Crippen LogP contribution in [0.5, 0.6) is 0 Å². The van der Waals surface area contributed by atoms with E-state index in [2.05, 4.69) is 10.2 Å². The summed E-state index contributed by atoms with van der Waals surface area (Å²) in [5.74, 6) is -0.732. The Balaban J connectivity index is 1.61. The molecular weight excluding hydrogens is 381 g/mol. The molecule has 1 N–H and O–H groups in total. The maximum Gasteiger partial charge on any atom is 0.255 e. The smallest absolute Gasteiger partial charge is 0.255 e. The Labute approximate surface area is 165 Å². The predicted molar refractivity (Wildman–Crippen MR) is 107 cm³/mol. The van der Waals surface area contributed by atoms with Crippen molar-refractivity contribution in [2.75, 3.05) is 37.2 Å². The minimum atomic E-state index is -3.15. The van der Waals surface area contributed by atoms with Gasteiger partial charge in [0.25, 0.3) is 5.91 Å². The van der Waals surface area contributed by atoms with Crippen LogP contribution in [0.3, 0.4) is 0 Å². The first kappa shape index (κ1) is 20.4. The summed E-state index contributed by atoms with van der Waals surface area (Å²) in [6, 6.07) is 13.2. The van der Waals surface area contributed by atoms with Crippen LogP contribution in [0.25, 0.3) is 0 Å². The molecule has 8 heteroatoms. The van der Waals surface area contributed by atoms with E-state index in [1.165, 1.54) is 16.4 Å². The van der Waals surface area contributed by atoms with Crippen LogP contribution in [0.1, 0.15) is 22.8 Å². The summed E-state index contributed by atoms with van der Waals surface area (Å²) in [6.07, 6.45) is 0. The van der Waals surface area contributed by atoms with E-state index in [-0.39, 0.29) is 17.3 Å². The van der Waals surface area contributed by atoms with Crippen molar-refractivity contribution in [3.05, 3.63) is 65.5 Å². The van der Waals surface area contributed by atoms with Crippen molar-refractivity contribution in [3.8, 4) is 0 Å². The number of carbonyl (C=O) groups excluding carboxylic acids is 1. The topological polar surface area (TPSA) is 69.7 Å². The van der Waals surface area contributed by atoms with E-state index in [9.17, 15) is 17.6 Å². The third kappa shape index (κ3) is 4.95. The lowest BCUT2D eigenvalue weighted by Gasteiger charge is -2.33. The van der Waals surface area contributed by atoms with Gasteiger partial charge in [-0.25, -0.2) is 12.8 Å². The number of para-hydroxylation sites is 1. The molecule has 2 aromatic rings. The summed E-state index contributed by atoms with van der Waals surface area (Å²) in [5, 5.41) is 2.59. The van der Waals surface area contributed by atoms with E-state index < -0.39 is 15.8 Å². The van der Waals surface area contributed by atoms with Crippen molar-refractivity contribution in [3.63, 3.8) is 0 Å². The van der Waals surface area contributed by atoms with Crippen LogP contribution >= 0.6 is 0 Å². The van der Waals surface area contributed by atoms with Crippen molar-refractivity contribution in [2.24, 2.45) is 0 Å². The number of hydrogen-bond acceptors (Lipinski definition) is 4. The van der Waals surface area contributed by atoms with Gasteiger partial charge in [-0.15, -0.1) is 0 Å². The summed E-state index contributed by atoms with van der Waals surface area (Å²) in [4.78, 5) is 14.6. The molecule has 0 bridgehead atoms. The average Bonchev–Trinajstić information content (AvgIpc) is 2.70. The largest absolute Gasteiger partial charge is 0.319 e. The molecule has 0 aliphatic carbocycles. The molecule has 1 saturated heterocycles. The molecule has 6 nitrogen and oxygen atoms in total. The molecule has 0 atom stereocenters. The molecule has 2 aromatic carbocycles. The highest BCUT2D eigenvalue weighted by molar-refractivity contribution is 7.89.